The number of H-pyrrole nitrogens is 1. The van der Waals surface area contributed by atoms with E-state index in [-0.39, 0.29) is 13.0 Å². The Kier molecular flexibility index (Phi) is 3.98. The Hall–Kier alpha value is -1.70. The van der Waals surface area contributed by atoms with Crippen LogP contribution in [-0.2, 0) is 11.2 Å². The van der Waals surface area contributed by atoms with Gasteiger partial charge in [0.25, 0.3) is 5.56 Å². The Balaban J connectivity index is 2.35. The lowest BCUT2D eigenvalue weighted by molar-refractivity contribution is -0.0459. The summed E-state index contributed by atoms with van der Waals surface area (Å²) in [6.45, 7) is 3.22. The zero-order valence-electron chi connectivity index (χ0n) is 10.3. The number of aromatic nitrogens is 2. The van der Waals surface area contributed by atoms with Crippen LogP contribution in [0.25, 0.3) is 0 Å². The highest BCUT2D eigenvalue weighted by molar-refractivity contribution is 5.09. The molecule has 0 spiro atoms. The molecule has 1 aliphatic heterocycles. The fraction of sp³-hybridized carbons (Fsp3) is 0.500. The molecule has 1 fully saturated rings. The maximum atomic E-state index is 11.7. The number of nitrogens with one attached hydrogen (secondary N) is 1. The number of rotatable bonds is 4. The predicted molar refractivity (Wildman–Crippen MR) is 66.8 cm³/mol. The second-order valence-electron chi connectivity index (χ2n) is 4.43. The number of allylic oxidation sites excluding steroid dienone is 1. The highest BCUT2D eigenvalue weighted by atomic mass is 16.5. The molecule has 1 aromatic rings. The van der Waals surface area contributed by atoms with E-state index in [0.29, 0.717) is 12.0 Å². The quantitative estimate of drug-likeness (QED) is 0.602. The normalized spacial score (nSPS) is 26.5. The summed E-state index contributed by atoms with van der Waals surface area (Å²) >= 11 is 0. The van der Waals surface area contributed by atoms with Crippen LogP contribution in [0.15, 0.2) is 28.4 Å². The SMILES string of the molecule is C=CCc1cn([C@H]2C[C@@H](O)[C@H](CO)O2)c(=O)[nH]c1=O. The van der Waals surface area contributed by atoms with Gasteiger partial charge in [-0.2, -0.15) is 0 Å². The van der Waals surface area contributed by atoms with Crippen molar-refractivity contribution in [2.75, 3.05) is 6.61 Å². The number of nitrogens with zero attached hydrogens (tertiary/aromatic N) is 1. The van der Waals surface area contributed by atoms with Crippen molar-refractivity contribution < 1.29 is 14.9 Å². The Bertz CT molecular complexity index is 576. The van der Waals surface area contributed by atoms with Crippen LogP contribution >= 0.6 is 0 Å². The third-order valence-corrected chi connectivity index (χ3v) is 3.10. The van der Waals surface area contributed by atoms with E-state index in [1.54, 1.807) is 6.08 Å². The van der Waals surface area contributed by atoms with Crippen LogP contribution in [0.5, 0.6) is 0 Å². The third kappa shape index (κ3) is 2.67. The lowest BCUT2D eigenvalue weighted by atomic mass is 10.2. The molecule has 2 heterocycles. The van der Waals surface area contributed by atoms with E-state index in [1.165, 1.54) is 10.8 Å². The van der Waals surface area contributed by atoms with Gasteiger partial charge in [0.05, 0.1) is 12.7 Å². The Morgan fingerprint density at radius 2 is 2.32 bits per heavy atom. The predicted octanol–water partition coefficient (Wildman–Crippen LogP) is -1.09. The van der Waals surface area contributed by atoms with Crippen molar-refractivity contribution in [2.45, 2.75) is 31.3 Å². The van der Waals surface area contributed by atoms with Gasteiger partial charge in [0, 0.05) is 18.2 Å². The summed E-state index contributed by atoms with van der Waals surface area (Å²) in [5.41, 5.74) is -0.674. The molecule has 0 saturated carbocycles. The van der Waals surface area contributed by atoms with Crippen LogP contribution in [0.3, 0.4) is 0 Å². The highest BCUT2D eigenvalue weighted by Gasteiger charge is 2.35. The van der Waals surface area contributed by atoms with E-state index >= 15 is 0 Å². The number of ether oxygens (including phenoxy) is 1. The summed E-state index contributed by atoms with van der Waals surface area (Å²) in [4.78, 5) is 25.5. The minimum Gasteiger partial charge on any atom is -0.394 e. The average Bonchev–Trinajstić information content (AvgIpc) is 2.74. The molecule has 0 aromatic carbocycles. The minimum atomic E-state index is -0.836. The fourth-order valence-electron chi connectivity index (χ4n) is 2.09. The molecule has 7 heteroatoms. The summed E-state index contributed by atoms with van der Waals surface area (Å²) in [5.74, 6) is 0. The van der Waals surface area contributed by atoms with Gasteiger partial charge in [0.2, 0.25) is 0 Å². The van der Waals surface area contributed by atoms with Crippen molar-refractivity contribution in [3.05, 3.63) is 45.3 Å². The van der Waals surface area contributed by atoms with Crippen molar-refractivity contribution in [2.24, 2.45) is 0 Å². The first-order valence-corrected chi connectivity index (χ1v) is 5.96. The summed E-state index contributed by atoms with van der Waals surface area (Å²) in [7, 11) is 0. The van der Waals surface area contributed by atoms with Crippen LogP contribution in [0.4, 0.5) is 0 Å². The van der Waals surface area contributed by atoms with E-state index in [1.807, 2.05) is 0 Å². The van der Waals surface area contributed by atoms with E-state index in [9.17, 15) is 14.7 Å². The maximum Gasteiger partial charge on any atom is 0.330 e. The molecule has 1 aromatic heterocycles. The van der Waals surface area contributed by atoms with Crippen LogP contribution in [0, 0.1) is 0 Å². The van der Waals surface area contributed by atoms with Crippen LogP contribution < -0.4 is 11.2 Å². The molecule has 0 unspecified atom stereocenters. The maximum absolute atomic E-state index is 11.7. The Morgan fingerprint density at radius 1 is 1.58 bits per heavy atom. The monoisotopic (exact) mass is 268 g/mol. The van der Waals surface area contributed by atoms with Gasteiger partial charge >= 0.3 is 5.69 Å². The number of aliphatic hydroxyl groups excluding tert-OH is 2. The Labute approximate surface area is 108 Å². The molecule has 0 bridgehead atoms. The first-order chi connectivity index (χ1) is 9.06. The first kappa shape index (κ1) is 13.7. The van der Waals surface area contributed by atoms with Gasteiger partial charge in [-0.25, -0.2) is 4.79 Å². The molecule has 7 nitrogen and oxygen atoms in total. The molecule has 19 heavy (non-hydrogen) atoms. The minimum absolute atomic E-state index is 0.185. The molecular weight excluding hydrogens is 252 g/mol. The molecule has 2 rings (SSSR count). The fourth-order valence-corrected chi connectivity index (χ4v) is 2.09. The Morgan fingerprint density at radius 3 is 2.89 bits per heavy atom. The van der Waals surface area contributed by atoms with Gasteiger partial charge in [-0.05, 0) is 6.42 Å². The van der Waals surface area contributed by atoms with E-state index in [4.69, 9.17) is 9.84 Å². The molecule has 0 aliphatic carbocycles. The molecule has 1 aliphatic rings. The smallest absolute Gasteiger partial charge is 0.330 e. The summed E-state index contributed by atoms with van der Waals surface area (Å²) < 4.78 is 6.60. The average molecular weight is 268 g/mol. The zero-order chi connectivity index (χ0) is 14.0. The standard InChI is InChI=1S/C12H16N2O5/c1-2-3-7-5-14(12(18)13-11(7)17)10-4-8(16)9(6-15)19-10/h2,5,8-10,15-16H,1,3-4,6H2,(H,13,17,18)/t8-,9+,10-/m1/s1. The van der Waals surface area contributed by atoms with Gasteiger partial charge in [-0.1, -0.05) is 6.08 Å². The summed E-state index contributed by atoms with van der Waals surface area (Å²) in [6, 6.07) is 0. The molecule has 3 N–H and O–H groups in total. The van der Waals surface area contributed by atoms with Crippen molar-refractivity contribution in [3.8, 4) is 0 Å². The lowest BCUT2D eigenvalue weighted by Gasteiger charge is -2.15. The van der Waals surface area contributed by atoms with Gasteiger partial charge in [-0.3, -0.25) is 14.3 Å². The number of aliphatic hydroxyl groups is 2. The molecule has 1 saturated heterocycles. The summed E-state index contributed by atoms with van der Waals surface area (Å²) in [5, 5.41) is 18.7. The molecule has 0 amide bonds. The summed E-state index contributed by atoms with van der Waals surface area (Å²) in [6.07, 6.45) is 1.22. The third-order valence-electron chi connectivity index (χ3n) is 3.10. The second-order valence-corrected chi connectivity index (χ2v) is 4.43. The molecule has 0 radical (unpaired) electrons. The first-order valence-electron chi connectivity index (χ1n) is 5.96. The van der Waals surface area contributed by atoms with Crippen molar-refractivity contribution in [3.63, 3.8) is 0 Å². The topological polar surface area (TPSA) is 105 Å². The van der Waals surface area contributed by atoms with E-state index < -0.39 is 29.7 Å². The van der Waals surface area contributed by atoms with E-state index in [0.717, 1.165) is 0 Å². The van der Waals surface area contributed by atoms with Gasteiger partial charge < -0.3 is 14.9 Å². The van der Waals surface area contributed by atoms with Gasteiger partial charge in [0.15, 0.2) is 0 Å². The zero-order valence-corrected chi connectivity index (χ0v) is 10.3. The second kappa shape index (κ2) is 5.52. The molecular formula is C12H16N2O5. The van der Waals surface area contributed by atoms with Gasteiger partial charge in [-0.15, -0.1) is 6.58 Å². The van der Waals surface area contributed by atoms with Crippen LogP contribution in [0.2, 0.25) is 0 Å². The van der Waals surface area contributed by atoms with Gasteiger partial charge in [0.1, 0.15) is 12.3 Å². The molecule has 3 atom stereocenters. The van der Waals surface area contributed by atoms with E-state index in [2.05, 4.69) is 11.6 Å². The van der Waals surface area contributed by atoms with Crippen LogP contribution in [0.1, 0.15) is 18.2 Å². The highest BCUT2D eigenvalue weighted by Crippen LogP contribution is 2.27. The largest absolute Gasteiger partial charge is 0.394 e. The lowest BCUT2D eigenvalue weighted by Crippen LogP contribution is -2.34. The van der Waals surface area contributed by atoms with Crippen molar-refractivity contribution in [1.29, 1.82) is 0 Å². The van der Waals surface area contributed by atoms with Crippen LogP contribution in [-0.4, -0.2) is 38.6 Å². The number of aromatic amines is 1. The molecule has 104 valence electrons. The number of hydrogen-bond acceptors (Lipinski definition) is 5. The van der Waals surface area contributed by atoms with Crippen molar-refractivity contribution in [1.82, 2.24) is 9.55 Å². The number of hydrogen-bond donors (Lipinski definition) is 3. The van der Waals surface area contributed by atoms with Crippen molar-refractivity contribution >= 4 is 0 Å².